The first-order valence-electron chi connectivity index (χ1n) is 11.5. The molecule has 3 aromatic rings. The van der Waals surface area contributed by atoms with E-state index in [4.69, 9.17) is 4.74 Å². The van der Waals surface area contributed by atoms with Crippen molar-refractivity contribution in [1.29, 1.82) is 0 Å². The summed E-state index contributed by atoms with van der Waals surface area (Å²) in [5.41, 5.74) is 1.84. The number of urea groups is 1. The molecule has 1 aromatic carbocycles. The second kappa shape index (κ2) is 12.4. The second-order valence-corrected chi connectivity index (χ2v) is 8.30. The van der Waals surface area contributed by atoms with Gasteiger partial charge < -0.3 is 26.0 Å². The number of nitrogens with one attached hydrogen (secondary N) is 4. The molecule has 0 bridgehead atoms. The normalized spacial score (nSPS) is 10.6. The number of hydrogen-bond acceptors (Lipinski definition) is 7. The van der Waals surface area contributed by atoms with E-state index in [1.54, 1.807) is 18.2 Å². The minimum atomic E-state index is -0.447. The van der Waals surface area contributed by atoms with E-state index in [0.29, 0.717) is 30.9 Å². The predicted molar refractivity (Wildman–Crippen MR) is 135 cm³/mol. The number of ether oxygens (including phenoxy) is 1. The molecule has 3 amide bonds. The summed E-state index contributed by atoms with van der Waals surface area (Å²) < 4.78 is 19.8. The van der Waals surface area contributed by atoms with Crippen molar-refractivity contribution in [3.05, 3.63) is 59.8 Å². The maximum absolute atomic E-state index is 14.4. The predicted octanol–water partition coefficient (Wildman–Crippen LogP) is 3.57. The molecule has 0 unspecified atom stereocenters. The molecule has 2 aromatic heterocycles. The van der Waals surface area contributed by atoms with Gasteiger partial charge in [-0.3, -0.25) is 9.78 Å². The minimum absolute atomic E-state index is 0.0432. The fourth-order valence-electron chi connectivity index (χ4n) is 3.26. The quantitative estimate of drug-likeness (QED) is 0.316. The lowest BCUT2D eigenvalue weighted by Crippen LogP contribution is -2.40. The van der Waals surface area contributed by atoms with Crippen LogP contribution in [-0.4, -0.2) is 53.1 Å². The Kier molecular flexibility index (Phi) is 9.09. The van der Waals surface area contributed by atoms with E-state index in [-0.39, 0.29) is 40.7 Å². The standard InChI is InChI=1S/C25H30FN7O3/c1-15(2)31-25(35)29-10-5-9-28-24(34)18-13-27-11-8-20(18)32-23-21(36-4)14-30-22(33-23)17-12-16(3)6-7-19(17)26/h6-8,11-15H,5,9-10H2,1-4H3,(H,28,34)(H2,29,31,35)(H,27,30,32,33). The van der Waals surface area contributed by atoms with Gasteiger partial charge in [0, 0.05) is 31.5 Å². The molecule has 4 N–H and O–H groups in total. The number of aromatic nitrogens is 3. The molecule has 0 saturated heterocycles. The number of amides is 3. The zero-order chi connectivity index (χ0) is 26.1. The summed E-state index contributed by atoms with van der Waals surface area (Å²) in [5, 5.41) is 11.4. The summed E-state index contributed by atoms with van der Waals surface area (Å²) in [6.07, 6.45) is 4.95. The molecule has 11 heteroatoms. The lowest BCUT2D eigenvalue weighted by atomic mass is 10.1. The highest BCUT2D eigenvalue weighted by Crippen LogP contribution is 2.30. The number of benzene rings is 1. The van der Waals surface area contributed by atoms with Crippen LogP contribution < -0.4 is 26.0 Å². The molecular weight excluding hydrogens is 465 g/mol. The number of hydrogen-bond donors (Lipinski definition) is 4. The van der Waals surface area contributed by atoms with Gasteiger partial charge in [0.15, 0.2) is 17.4 Å². The minimum Gasteiger partial charge on any atom is -0.491 e. The first-order valence-corrected chi connectivity index (χ1v) is 11.5. The van der Waals surface area contributed by atoms with E-state index in [1.165, 1.54) is 31.8 Å². The topological polar surface area (TPSA) is 130 Å². The van der Waals surface area contributed by atoms with Gasteiger partial charge in [-0.25, -0.2) is 19.2 Å². The van der Waals surface area contributed by atoms with Crippen LogP contribution in [0.2, 0.25) is 0 Å². The highest BCUT2D eigenvalue weighted by Gasteiger charge is 2.17. The van der Waals surface area contributed by atoms with Crippen LogP contribution in [0, 0.1) is 12.7 Å². The Morgan fingerprint density at radius 3 is 2.64 bits per heavy atom. The van der Waals surface area contributed by atoms with Gasteiger partial charge in [0.2, 0.25) is 0 Å². The average Bonchev–Trinajstić information content (AvgIpc) is 2.85. The maximum Gasteiger partial charge on any atom is 0.314 e. The maximum atomic E-state index is 14.4. The second-order valence-electron chi connectivity index (χ2n) is 8.30. The van der Waals surface area contributed by atoms with Gasteiger partial charge >= 0.3 is 6.03 Å². The Morgan fingerprint density at radius 1 is 1.11 bits per heavy atom. The molecule has 0 saturated carbocycles. The highest BCUT2D eigenvalue weighted by molar-refractivity contribution is 6.00. The molecule has 10 nitrogen and oxygen atoms in total. The van der Waals surface area contributed by atoms with Crippen LogP contribution in [-0.2, 0) is 0 Å². The van der Waals surface area contributed by atoms with Gasteiger partial charge in [-0.2, -0.15) is 0 Å². The lowest BCUT2D eigenvalue weighted by molar-refractivity contribution is 0.0954. The van der Waals surface area contributed by atoms with Gasteiger partial charge in [0.25, 0.3) is 5.91 Å². The van der Waals surface area contributed by atoms with Crippen LogP contribution in [0.3, 0.4) is 0 Å². The Morgan fingerprint density at radius 2 is 1.89 bits per heavy atom. The van der Waals surface area contributed by atoms with Crippen LogP contribution in [0.4, 0.5) is 20.7 Å². The zero-order valence-electron chi connectivity index (χ0n) is 20.7. The summed E-state index contributed by atoms with van der Waals surface area (Å²) in [4.78, 5) is 37.2. The molecular formula is C25H30FN7O3. The van der Waals surface area contributed by atoms with Crippen LogP contribution in [0.15, 0.2) is 42.9 Å². The number of nitrogens with zero attached hydrogens (tertiary/aromatic N) is 3. The third-order valence-corrected chi connectivity index (χ3v) is 5.00. The SMILES string of the molecule is COc1cnc(-c2cc(C)ccc2F)nc1Nc1ccncc1C(=O)NCCCNC(=O)NC(C)C. The Hall–Kier alpha value is -4.28. The van der Waals surface area contributed by atoms with E-state index in [1.807, 2.05) is 20.8 Å². The molecule has 0 fully saturated rings. The fraction of sp³-hybridized carbons (Fsp3) is 0.320. The van der Waals surface area contributed by atoms with Gasteiger partial charge in [0.05, 0.1) is 30.1 Å². The van der Waals surface area contributed by atoms with E-state index < -0.39 is 5.82 Å². The summed E-state index contributed by atoms with van der Waals surface area (Å²) >= 11 is 0. The Bertz CT molecular complexity index is 1220. The molecule has 0 aliphatic rings. The van der Waals surface area contributed by atoms with Crippen molar-refractivity contribution >= 4 is 23.4 Å². The number of rotatable bonds is 10. The summed E-state index contributed by atoms with van der Waals surface area (Å²) in [6.45, 7) is 6.36. The van der Waals surface area contributed by atoms with E-state index >= 15 is 0 Å². The van der Waals surface area contributed by atoms with Crippen molar-refractivity contribution in [3.63, 3.8) is 0 Å². The van der Waals surface area contributed by atoms with Crippen molar-refractivity contribution in [2.24, 2.45) is 0 Å². The van der Waals surface area contributed by atoms with Crippen LogP contribution in [0.1, 0.15) is 36.2 Å². The van der Waals surface area contributed by atoms with Gasteiger partial charge in [-0.05, 0) is 45.4 Å². The highest BCUT2D eigenvalue weighted by atomic mass is 19.1. The molecule has 0 radical (unpaired) electrons. The van der Waals surface area contributed by atoms with E-state index in [0.717, 1.165) is 5.56 Å². The molecule has 190 valence electrons. The van der Waals surface area contributed by atoms with Crippen molar-refractivity contribution in [3.8, 4) is 17.1 Å². The van der Waals surface area contributed by atoms with Crippen molar-refractivity contribution in [1.82, 2.24) is 30.9 Å². The molecule has 0 spiro atoms. The molecule has 0 aliphatic heterocycles. The summed E-state index contributed by atoms with van der Waals surface area (Å²) in [6, 6.07) is 6.11. The van der Waals surface area contributed by atoms with E-state index in [9.17, 15) is 14.0 Å². The van der Waals surface area contributed by atoms with Gasteiger partial charge in [0.1, 0.15) is 5.82 Å². The number of halogens is 1. The molecule has 0 aliphatic carbocycles. The van der Waals surface area contributed by atoms with E-state index in [2.05, 4.69) is 36.2 Å². The zero-order valence-corrected chi connectivity index (χ0v) is 20.7. The number of methoxy groups -OCH3 is 1. The monoisotopic (exact) mass is 495 g/mol. The molecule has 2 heterocycles. The van der Waals surface area contributed by atoms with Gasteiger partial charge in [-0.1, -0.05) is 11.6 Å². The van der Waals surface area contributed by atoms with Crippen molar-refractivity contribution in [2.45, 2.75) is 33.2 Å². The fourth-order valence-corrected chi connectivity index (χ4v) is 3.26. The first-order chi connectivity index (χ1) is 17.3. The third-order valence-electron chi connectivity index (χ3n) is 5.00. The van der Waals surface area contributed by atoms with Crippen LogP contribution >= 0.6 is 0 Å². The number of aryl methyl sites for hydroxylation is 1. The number of carbonyl (C=O) groups is 2. The largest absolute Gasteiger partial charge is 0.491 e. The number of anilines is 2. The van der Waals surface area contributed by atoms with Crippen LogP contribution in [0.5, 0.6) is 5.75 Å². The van der Waals surface area contributed by atoms with Crippen molar-refractivity contribution in [2.75, 3.05) is 25.5 Å². The number of carbonyl (C=O) groups excluding carboxylic acids is 2. The average molecular weight is 496 g/mol. The van der Waals surface area contributed by atoms with Crippen LogP contribution in [0.25, 0.3) is 11.4 Å². The molecule has 0 atom stereocenters. The summed E-state index contributed by atoms with van der Waals surface area (Å²) in [7, 11) is 1.46. The Labute approximate surface area is 209 Å². The molecule has 3 rings (SSSR count). The van der Waals surface area contributed by atoms with Crippen molar-refractivity contribution < 1.29 is 18.7 Å². The number of pyridine rings is 1. The Balaban J connectivity index is 1.71. The molecule has 36 heavy (non-hydrogen) atoms. The lowest BCUT2D eigenvalue weighted by Gasteiger charge is -2.14. The first kappa shape index (κ1) is 26.3. The van der Waals surface area contributed by atoms with Gasteiger partial charge in [-0.15, -0.1) is 0 Å². The third kappa shape index (κ3) is 7.11. The smallest absolute Gasteiger partial charge is 0.314 e. The summed E-state index contributed by atoms with van der Waals surface area (Å²) in [5.74, 6) is -0.0367.